The van der Waals surface area contributed by atoms with Gasteiger partial charge in [0.15, 0.2) is 0 Å². The van der Waals surface area contributed by atoms with E-state index in [1.165, 1.54) is 6.07 Å². The van der Waals surface area contributed by atoms with Crippen LogP contribution >= 0.6 is 0 Å². The van der Waals surface area contributed by atoms with Crippen LogP contribution in [0.1, 0.15) is 47.9 Å². The summed E-state index contributed by atoms with van der Waals surface area (Å²) in [5.41, 5.74) is 1.11. The monoisotopic (exact) mass is 289 g/mol. The van der Waals surface area contributed by atoms with Crippen molar-refractivity contribution in [3.8, 4) is 0 Å². The van der Waals surface area contributed by atoms with Crippen LogP contribution in [0, 0.1) is 0 Å². The molecule has 1 aromatic carbocycles. The summed E-state index contributed by atoms with van der Waals surface area (Å²) >= 11 is 0. The van der Waals surface area contributed by atoms with E-state index in [1.807, 2.05) is 20.8 Å². The molecule has 1 aromatic rings. The van der Waals surface area contributed by atoms with E-state index in [0.29, 0.717) is 29.8 Å². The molecule has 0 spiro atoms. The molecule has 0 radical (unpaired) electrons. The lowest BCUT2D eigenvalue weighted by molar-refractivity contribution is -0.116. The van der Waals surface area contributed by atoms with E-state index in [2.05, 4.69) is 16.0 Å². The molecule has 1 heterocycles. The van der Waals surface area contributed by atoms with Crippen molar-refractivity contribution in [3.05, 3.63) is 29.3 Å². The highest BCUT2D eigenvalue weighted by Gasteiger charge is 2.26. The summed E-state index contributed by atoms with van der Waals surface area (Å²) in [6, 6.07) is 4.68. The molecule has 0 saturated heterocycles. The fourth-order valence-corrected chi connectivity index (χ4v) is 2.02. The Labute approximate surface area is 123 Å². The fraction of sp³-hybridized carbons (Fsp3) is 0.400. The molecular weight excluding hydrogens is 270 g/mol. The Bertz CT molecular complexity index is 603. The van der Waals surface area contributed by atoms with Gasteiger partial charge in [-0.05, 0) is 39.0 Å². The Kier molecular flexibility index (Phi) is 4.09. The van der Waals surface area contributed by atoms with Gasteiger partial charge in [0.05, 0.1) is 11.1 Å². The summed E-state index contributed by atoms with van der Waals surface area (Å²) in [6.07, 6.45) is 0.333. The molecule has 112 valence electrons. The summed E-state index contributed by atoms with van der Waals surface area (Å²) in [7, 11) is 0. The van der Waals surface area contributed by atoms with Gasteiger partial charge in [0, 0.05) is 24.2 Å². The Morgan fingerprint density at radius 3 is 2.48 bits per heavy atom. The lowest BCUT2D eigenvalue weighted by Gasteiger charge is -2.20. The highest BCUT2D eigenvalue weighted by atomic mass is 16.2. The molecule has 0 aliphatic carbocycles. The SMILES string of the molecule is CC(C)(C)NCCC(=O)Nc1ccc2c(c1)C(=O)NC2=O. The maximum atomic E-state index is 11.8. The first-order valence-corrected chi connectivity index (χ1v) is 6.81. The number of amides is 3. The maximum absolute atomic E-state index is 11.8. The van der Waals surface area contributed by atoms with Crippen molar-refractivity contribution in [1.29, 1.82) is 0 Å². The second-order valence-corrected chi connectivity index (χ2v) is 6.02. The topological polar surface area (TPSA) is 87.3 Å². The van der Waals surface area contributed by atoms with Gasteiger partial charge < -0.3 is 10.6 Å². The van der Waals surface area contributed by atoms with Crippen molar-refractivity contribution in [2.24, 2.45) is 0 Å². The number of hydrogen-bond acceptors (Lipinski definition) is 4. The fourth-order valence-electron chi connectivity index (χ4n) is 2.02. The molecule has 0 saturated carbocycles. The third kappa shape index (κ3) is 3.88. The summed E-state index contributed by atoms with van der Waals surface area (Å²) in [6.45, 7) is 6.66. The number of nitrogens with one attached hydrogen (secondary N) is 3. The second kappa shape index (κ2) is 5.65. The van der Waals surface area contributed by atoms with E-state index < -0.39 is 11.8 Å². The number of rotatable bonds is 4. The summed E-state index contributed by atoms with van der Waals surface area (Å²) in [4.78, 5) is 34.8. The van der Waals surface area contributed by atoms with Crippen molar-refractivity contribution in [2.75, 3.05) is 11.9 Å². The van der Waals surface area contributed by atoms with Crippen LogP contribution in [0.5, 0.6) is 0 Å². The molecule has 0 atom stereocenters. The van der Waals surface area contributed by atoms with Crippen LogP contribution in [0.25, 0.3) is 0 Å². The number of benzene rings is 1. The molecule has 6 heteroatoms. The van der Waals surface area contributed by atoms with E-state index in [1.54, 1.807) is 12.1 Å². The molecule has 0 unspecified atom stereocenters. The Balaban J connectivity index is 1.95. The van der Waals surface area contributed by atoms with Crippen molar-refractivity contribution in [3.63, 3.8) is 0 Å². The lowest BCUT2D eigenvalue weighted by Crippen LogP contribution is -2.37. The van der Waals surface area contributed by atoms with E-state index >= 15 is 0 Å². The van der Waals surface area contributed by atoms with Crippen LogP contribution in [0.15, 0.2) is 18.2 Å². The highest BCUT2D eigenvalue weighted by Crippen LogP contribution is 2.20. The molecule has 0 fully saturated rings. The molecule has 3 N–H and O–H groups in total. The lowest BCUT2D eigenvalue weighted by atomic mass is 10.1. The zero-order valence-electron chi connectivity index (χ0n) is 12.4. The van der Waals surface area contributed by atoms with Gasteiger partial charge in [-0.1, -0.05) is 0 Å². The number of hydrogen-bond donors (Lipinski definition) is 3. The van der Waals surface area contributed by atoms with Crippen molar-refractivity contribution >= 4 is 23.4 Å². The summed E-state index contributed by atoms with van der Waals surface area (Å²) in [5, 5.41) is 8.16. The van der Waals surface area contributed by atoms with Crippen LogP contribution in [0.3, 0.4) is 0 Å². The highest BCUT2D eigenvalue weighted by molar-refractivity contribution is 6.22. The van der Waals surface area contributed by atoms with E-state index in [-0.39, 0.29) is 11.4 Å². The first-order valence-electron chi connectivity index (χ1n) is 6.81. The van der Waals surface area contributed by atoms with Crippen LogP contribution in [0.4, 0.5) is 5.69 Å². The van der Waals surface area contributed by atoms with Gasteiger partial charge in [-0.2, -0.15) is 0 Å². The first kappa shape index (κ1) is 15.2. The third-order valence-corrected chi connectivity index (χ3v) is 3.03. The average molecular weight is 289 g/mol. The van der Waals surface area contributed by atoms with E-state index in [0.717, 1.165) is 0 Å². The summed E-state index contributed by atoms with van der Waals surface area (Å²) in [5.74, 6) is -0.973. The van der Waals surface area contributed by atoms with Gasteiger partial charge in [-0.25, -0.2) is 0 Å². The van der Waals surface area contributed by atoms with Gasteiger partial charge in [-0.3, -0.25) is 19.7 Å². The van der Waals surface area contributed by atoms with Crippen LogP contribution in [-0.4, -0.2) is 29.8 Å². The second-order valence-electron chi connectivity index (χ2n) is 6.02. The standard InChI is InChI=1S/C15H19N3O3/c1-15(2,3)16-7-6-12(19)17-9-4-5-10-11(8-9)14(21)18-13(10)20/h4-5,8,16H,6-7H2,1-3H3,(H,17,19)(H,18,20,21). The minimum Gasteiger partial charge on any atom is -0.326 e. The van der Waals surface area contributed by atoms with E-state index in [9.17, 15) is 14.4 Å². The normalized spacial score (nSPS) is 13.9. The zero-order chi connectivity index (χ0) is 15.6. The molecule has 0 aromatic heterocycles. The van der Waals surface area contributed by atoms with Crippen molar-refractivity contribution in [2.45, 2.75) is 32.7 Å². The summed E-state index contributed by atoms with van der Waals surface area (Å²) < 4.78 is 0. The molecule has 1 aliphatic rings. The van der Waals surface area contributed by atoms with E-state index in [4.69, 9.17) is 0 Å². The largest absolute Gasteiger partial charge is 0.326 e. The number of carbonyl (C=O) groups excluding carboxylic acids is 3. The minimum atomic E-state index is -0.430. The average Bonchev–Trinajstić information content (AvgIpc) is 2.63. The van der Waals surface area contributed by atoms with Gasteiger partial charge in [-0.15, -0.1) is 0 Å². The minimum absolute atomic E-state index is 0.0354. The molecule has 2 rings (SSSR count). The quantitative estimate of drug-likeness (QED) is 0.729. The maximum Gasteiger partial charge on any atom is 0.259 e. The van der Waals surface area contributed by atoms with Crippen LogP contribution in [0.2, 0.25) is 0 Å². The molecule has 0 bridgehead atoms. The van der Waals surface area contributed by atoms with Gasteiger partial charge in [0.2, 0.25) is 5.91 Å². The number of anilines is 1. The first-order chi connectivity index (χ1) is 9.76. The van der Waals surface area contributed by atoms with Crippen LogP contribution < -0.4 is 16.0 Å². The van der Waals surface area contributed by atoms with Gasteiger partial charge in [0.1, 0.15) is 0 Å². The van der Waals surface area contributed by atoms with Crippen molar-refractivity contribution in [1.82, 2.24) is 10.6 Å². The predicted molar refractivity (Wildman–Crippen MR) is 79.2 cm³/mol. The molecule has 3 amide bonds. The predicted octanol–water partition coefficient (Wildman–Crippen LogP) is 1.29. The third-order valence-electron chi connectivity index (χ3n) is 3.03. The molecule has 6 nitrogen and oxygen atoms in total. The zero-order valence-corrected chi connectivity index (χ0v) is 12.4. The number of fused-ring (bicyclic) bond motifs is 1. The van der Waals surface area contributed by atoms with Crippen molar-refractivity contribution < 1.29 is 14.4 Å². The van der Waals surface area contributed by atoms with Gasteiger partial charge in [0.25, 0.3) is 11.8 Å². The number of carbonyl (C=O) groups is 3. The Morgan fingerprint density at radius 1 is 1.14 bits per heavy atom. The van der Waals surface area contributed by atoms with Crippen LogP contribution in [-0.2, 0) is 4.79 Å². The molecule has 1 aliphatic heterocycles. The Morgan fingerprint density at radius 2 is 1.81 bits per heavy atom. The molecular formula is C15H19N3O3. The Hall–Kier alpha value is -2.21. The number of imide groups is 1. The van der Waals surface area contributed by atoms with Gasteiger partial charge >= 0.3 is 0 Å². The molecule has 21 heavy (non-hydrogen) atoms. The smallest absolute Gasteiger partial charge is 0.259 e.